The van der Waals surface area contributed by atoms with Crippen LogP contribution in [0.3, 0.4) is 0 Å². The molecule has 1 saturated carbocycles. The second-order valence-electron chi connectivity index (χ2n) is 5.68. The van der Waals surface area contributed by atoms with Gasteiger partial charge in [0.2, 0.25) is 0 Å². The van der Waals surface area contributed by atoms with E-state index in [1.54, 1.807) is 18.5 Å². The van der Waals surface area contributed by atoms with Gasteiger partial charge >= 0.3 is 0 Å². The second kappa shape index (κ2) is 6.96. The zero-order valence-electron chi connectivity index (χ0n) is 12.9. The minimum absolute atomic E-state index is 0.0400. The summed E-state index contributed by atoms with van der Waals surface area (Å²) in [6, 6.07) is 7.27. The third-order valence-electron chi connectivity index (χ3n) is 3.71. The lowest BCUT2D eigenvalue weighted by atomic mass is 10.2. The summed E-state index contributed by atoms with van der Waals surface area (Å²) in [5.74, 6) is 1.01. The van der Waals surface area contributed by atoms with Crippen molar-refractivity contribution in [2.75, 3.05) is 6.61 Å². The van der Waals surface area contributed by atoms with Crippen LogP contribution in [0.1, 0.15) is 35.7 Å². The maximum absolute atomic E-state index is 11.9. The van der Waals surface area contributed by atoms with E-state index in [2.05, 4.69) is 15.3 Å². The number of aromatic nitrogens is 2. The zero-order chi connectivity index (χ0) is 16.2. The van der Waals surface area contributed by atoms with Gasteiger partial charge in [0.05, 0.1) is 12.2 Å². The minimum Gasteiger partial charge on any atom is -0.484 e. The average Bonchev–Trinajstić information content (AvgIpc) is 3.39. The van der Waals surface area contributed by atoms with Gasteiger partial charge in [-0.2, -0.15) is 0 Å². The third-order valence-corrected chi connectivity index (χ3v) is 4.13. The number of carbonyl (C=O) groups excluding carboxylic acids is 1. The Bertz CT molecular complexity index is 717. The highest BCUT2D eigenvalue weighted by Crippen LogP contribution is 2.38. The van der Waals surface area contributed by atoms with Crippen molar-refractivity contribution in [3.63, 3.8) is 0 Å². The Kier molecular flexibility index (Phi) is 4.76. The van der Waals surface area contributed by atoms with E-state index in [1.807, 2.05) is 19.1 Å². The molecule has 3 rings (SSSR count). The summed E-state index contributed by atoms with van der Waals surface area (Å²) in [7, 11) is 0. The van der Waals surface area contributed by atoms with Crippen LogP contribution in [0.5, 0.6) is 5.75 Å². The second-order valence-corrected chi connectivity index (χ2v) is 6.09. The first-order valence-corrected chi connectivity index (χ1v) is 7.96. The van der Waals surface area contributed by atoms with Crippen LogP contribution in [0, 0.1) is 6.92 Å². The molecule has 0 aliphatic heterocycles. The molecule has 1 aromatic carbocycles. The van der Waals surface area contributed by atoms with Crippen LogP contribution in [-0.2, 0) is 11.3 Å². The van der Waals surface area contributed by atoms with E-state index in [9.17, 15) is 4.79 Å². The van der Waals surface area contributed by atoms with Crippen LogP contribution in [0.25, 0.3) is 0 Å². The van der Waals surface area contributed by atoms with Crippen molar-refractivity contribution in [2.45, 2.75) is 32.2 Å². The fourth-order valence-corrected chi connectivity index (χ4v) is 2.33. The van der Waals surface area contributed by atoms with E-state index in [0.29, 0.717) is 23.2 Å². The van der Waals surface area contributed by atoms with E-state index in [-0.39, 0.29) is 12.5 Å². The molecule has 1 N–H and O–H groups in total. The number of ether oxygens (including phenoxy) is 1. The quantitative estimate of drug-likeness (QED) is 0.883. The Hall–Kier alpha value is -2.14. The van der Waals surface area contributed by atoms with E-state index in [4.69, 9.17) is 16.3 Å². The number of nitrogens with zero attached hydrogens (tertiary/aromatic N) is 2. The fraction of sp³-hybridized carbons (Fsp3) is 0.353. The van der Waals surface area contributed by atoms with Crippen LogP contribution < -0.4 is 10.1 Å². The number of hydrogen-bond acceptors (Lipinski definition) is 4. The molecular formula is C17H18ClN3O2. The summed E-state index contributed by atoms with van der Waals surface area (Å²) < 4.78 is 5.46. The normalized spacial score (nSPS) is 13.7. The molecule has 0 unspecified atom stereocenters. The van der Waals surface area contributed by atoms with Crippen LogP contribution in [0.2, 0.25) is 5.02 Å². The maximum atomic E-state index is 11.9. The first-order valence-electron chi connectivity index (χ1n) is 7.58. The van der Waals surface area contributed by atoms with Crippen LogP contribution in [0.4, 0.5) is 0 Å². The summed E-state index contributed by atoms with van der Waals surface area (Å²) in [6.45, 7) is 2.23. The molecule has 1 fully saturated rings. The number of rotatable bonds is 6. The van der Waals surface area contributed by atoms with Gasteiger partial charge in [-0.25, -0.2) is 9.97 Å². The van der Waals surface area contributed by atoms with Crippen molar-refractivity contribution in [3.05, 3.63) is 52.6 Å². The predicted octanol–water partition coefficient (Wildman–Crippen LogP) is 3.01. The van der Waals surface area contributed by atoms with Crippen LogP contribution >= 0.6 is 11.6 Å². The van der Waals surface area contributed by atoms with Gasteiger partial charge in [0.25, 0.3) is 5.91 Å². The predicted molar refractivity (Wildman–Crippen MR) is 87.5 cm³/mol. The number of hydrogen-bond donors (Lipinski definition) is 1. The monoisotopic (exact) mass is 331 g/mol. The van der Waals surface area contributed by atoms with E-state index >= 15 is 0 Å². The Morgan fingerprint density at radius 2 is 2.17 bits per heavy atom. The Morgan fingerprint density at radius 1 is 1.35 bits per heavy atom. The Morgan fingerprint density at radius 3 is 2.91 bits per heavy atom. The van der Waals surface area contributed by atoms with E-state index in [0.717, 1.165) is 17.0 Å². The van der Waals surface area contributed by atoms with Gasteiger partial charge in [0, 0.05) is 16.6 Å². The van der Waals surface area contributed by atoms with Gasteiger partial charge in [-0.1, -0.05) is 11.6 Å². The van der Waals surface area contributed by atoms with Gasteiger partial charge < -0.3 is 10.1 Å². The van der Waals surface area contributed by atoms with Crippen molar-refractivity contribution in [2.24, 2.45) is 0 Å². The number of halogens is 1. The molecule has 0 spiro atoms. The number of amides is 1. The Labute approximate surface area is 140 Å². The van der Waals surface area contributed by atoms with Crippen molar-refractivity contribution < 1.29 is 9.53 Å². The highest BCUT2D eigenvalue weighted by atomic mass is 35.5. The lowest BCUT2D eigenvalue weighted by molar-refractivity contribution is -0.123. The molecule has 2 aromatic rings. The molecule has 6 heteroatoms. The maximum Gasteiger partial charge on any atom is 0.258 e. The third kappa shape index (κ3) is 4.42. The smallest absolute Gasteiger partial charge is 0.258 e. The molecular weight excluding hydrogens is 314 g/mol. The average molecular weight is 332 g/mol. The molecule has 5 nitrogen and oxygen atoms in total. The zero-order valence-corrected chi connectivity index (χ0v) is 13.6. The lowest BCUT2D eigenvalue weighted by Gasteiger charge is -2.09. The highest BCUT2D eigenvalue weighted by molar-refractivity contribution is 6.31. The van der Waals surface area contributed by atoms with Crippen molar-refractivity contribution in [1.82, 2.24) is 15.3 Å². The summed E-state index contributed by atoms with van der Waals surface area (Å²) in [4.78, 5) is 20.3. The molecule has 120 valence electrons. The number of nitrogens with one attached hydrogen (secondary N) is 1. The van der Waals surface area contributed by atoms with Crippen molar-refractivity contribution in [1.29, 1.82) is 0 Å². The topological polar surface area (TPSA) is 64.1 Å². The standard InChI is InChI=1S/C17H18ClN3O2/c1-11-6-14(4-5-15(11)18)23-9-17(22)19-8-13-7-16(12-2-3-12)21-10-20-13/h4-7,10,12H,2-3,8-9H2,1H3,(H,19,22). The van der Waals surface area contributed by atoms with Crippen molar-refractivity contribution in [3.8, 4) is 5.75 Å². The summed E-state index contributed by atoms with van der Waals surface area (Å²) >= 11 is 5.95. The first-order chi connectivity index (χ1) is 11.1. The van der Waals surface area contributed by atoms with Gasteiger partial charge in [-0.3, -0.25) is 4.79 Å². The van der Waals surface area contributed by atoms with Crippen LogP contribution in [0.15, 0.2) is 30.6 Å². The largest absolute Gasteiger partial charge is 0.484 e. The molecule has 23 heavy (non-hydrogen) atoms. The van der Waals surface area contributed by atoms with Crippen LogP contribution in [-0.4, -0.2) is 22.5 Å². The summed E-state index contributed by atoms with van der Waals surface area (Å²) in [5.41, 5.74) is 2.80. The number of carbonyl (C=O) groups is 1. The molecule has 0 atom stereocenters. The highest BCUT2D eigenvalue weighted by Gasteiger charge is 2.25. The fourth-order valence-electron chi connectivity index (χ4n) is 2.21. The van der Waals surface area contributed by atoms with Gasteiger partial charge in [-0.05, 0) is 49.6 Å². The summed E-state index contributed by atoms with van der Waals surface area (Å²) in [5, 5.41) is 3.48. The molecule has 0 radical (unpaired) electrons. The molecule has 1 aliphatic rings. The van der Waals surface area contributed by atoms with Gasteiger partial charge in [0.15, 0.2) is 6.61 Å². The molecule has 1 aliphatic carbocycles. The van der Waals surface area contributed by atoms with Gasteiger partial charge in [-0.15, -0.1) is 0 Å². The molecule has 0 saturated heterocycles. The molecule has 1 amide bonds. The Balaban J connectivity index is 1.47. The first kappa shape index (κ1) is 15.7. The van der Waals surface area contributed by atoms with Gasteiger partial charge in [0.1, 0.15) is 12.1 Å². The molecule has 1 aromatic heterocycles. The minimum atomic E-state index is -0.191. The summed E-state index contributed by atoms with van der Waals surface area (Å²) in [6.07, 6.45) is 3.94. The van der Waals surface area contributed by atoms with E-state index in [1.165, 1.54) is 12.8 Å². The molecule has 0 bridgehead atoms. The van der Waals surface area contributed by atoms with E-state index < -0.39 is 0 Å². The number of benzene rings is 1. The van der Waals surface area contributed by atoms with Crippen molar-refractivity contribution >= 4 is 17.5 Å². The number of aryl methyl sites for hydroxylation is 1. The molecule has 1 heterocycles. The SMILES string of the molecule is Cc1cc(OCC(=O)NCc2cc(C3CC3)ncn2)ccc1Cl. The lowest BCUT2D eigenvalue weighted by Crippen LogP contribution is -2.28.